The Labute approximate surface area is 141 Å². The molecule has 4 heteroatoms. The fraction of sp³-hybridized carbons (Fsp3) is 0.300. The predicted molar refractivity (Wildman–Crippen MR) is 92.9 cm³/mol. The Kier molecular flexibility index (Phi) is 3.81. The Morgan fingerprint density at radius 1 is 1.08 bits per heavy atom. The minimum atomic E-state index is -0.399. The van der Waals surface area contributed by atoms with E-state index in [2.05, 4.69) is 17.1 Å². The first kappa shape index (κ1) is 14.9. The van der Waals surface area contributed by atoms with Crippen molar-refractivity contribution in [2.45, 2.75) is 31.5 Å². The van der Waals surface area contributed by atoms with Crippen molar-refractivity contribution in [2.24, 2.45) is 4.99 Å². The van der Waals surface area contributed by atoms with Gasteiger partial charge in [0.1, 0.15) is 12.1 Å². The number of aliphatic imine (C=N–C) groups is 1. The van der Waals surface area contributed by atoms with E-state index in [4.69, 9.17) is 4.74 Å². The molecular formula is C20H20N2O2. The first-order chi connectivity index (χ1) is 11.8. The fourth-order valence-electron chi connectivity index (χ4n) is 3.62. The van der Waals surface area contributed by atoms with Gasteiger partial charge in [-0.05, 0) is 16.7 Å². The molecule has 0 saturated heterocycles. The lowest BCUT2D eigenvalue weighted by molar-refractivity contribution is -0.136. The summed E-state index contributed by atoms with van der Waals surface area (Å²) in [4.78, 5) is 19.6. The van der Waals surface area contributed by atoms with Gasteiger partial charge in [0, 0.05) is 19.4 Å². The van der Waals surface area contributed by atoms with Gasteiger partial charge in [-0.3, -0.25) is 4.79 Å². The maximum Gasteiger partial charge on any atom is 0.248 e. The second-order valence-electron chi connectivity index (χ2n) is 6.33. The molecule has 2 aromatic rings. The minimum absolute atomic E-state index is 0.0792. The van der Waals surface area contributed by atoms with Crippen LogP contribution in [-0.2, 0) is 28.9 Å². The summed E-state index contributed by atoms with van der Waals surface area (Å²) in [5, 5.41) is 0. The number of amides is 1. The van der Waals surface area contributed by atoms with E-state index >= 15 is 0 Å². The topological polar surface area (TPSA) is 41.9 Å². The van der Waals surface area contributed by atoms with Crippen LogP contribution in [0.5, 0.6) is 0 Å². The van der Waals surface area contributed by atoms with Gasteiger partial charge >= 0.3 is 0 Å². The third-order valence-corrected chi connectivity index (χ3v) is 4.87. The molecule has 4 nitrogen and oxygen atoms in total. The zero-order valence-electron chi connectivity index (χ0n) is 13.7. The highest BCUT2D eigenvalue weighted by molar-refractivity contribution is 5.96. The van der Waals surface area contributed by atoms with Crippen LogP contribution in [-0.4, -0.2) is 35.9 Å². The molecule has 2 aliphatic rings. The Bertz CT molecular complexity index is 785. The highest BCUT2D eigenvalue weighted by Gasteiger charge is 2.41. The first-order valence-corrected chi connectivity index (χ1v) is 8.29. The quantitative estimate of drug-likeness (QED) is 0.853. The molecule has 0 unspecified atom stereocenters. The average molecular weight is 320 g/mol. The van der Waals surface area contributed by atoms with E-state index in [9.17, 15) is 4.79 Å². The van der Waals surface area contributed by atoms with Gasteiger partial charge in [0.05, 0.1) is 7.11 Å². The van der Waals surface area contributed by atoms with Crippen LogP contribution in [0.15, 0.2) is 59.6 Å². The number of carbonyl (C=O) groups excluding carboxylic acids is 1. The molecule has 0 spiro atoms. The third kappa shape index (κ3) is 2.58. The Balaban J connectivity index is 1.66. The van der Waals surface area contributed by atoms with Gasteiger partial charge in [-0.25, -0.2) is 4.99 Å². The molecule has 2 atom stereocenters. The van der Waals surface area contributed by atoms with E-state index in [1.54, 1.807) is 7.11 Å². The van der Waals surface area contributed by atoms with Crippen LogP contribution in [0.4, 0.5) is 0 Å². The number of hydrogen-bond acceptors (Lipinski definition) is 3. The molecule has 0 bridgehead atoms. The van der Waals surface area contributed by atoms with E-state index in [0.717, 1.165) is 12.0 Å². The molecule has 122 valence electrons. The summed E-state index contributed by atoms with van der Waals surface area (Å²) < 4.78 is 5.55. The van der Waals surface area contributed by atoms with Gasteiger partial charge in [0.15, 0.2) is 0 Å². The van der Waals surface area contributed by atoms with Crippen molar-refractivity contribution in [3.05, 3.63) is 71.3 Å². The summed E-state index contributed by atoms with van der Waals surface area (Å²) in [6, 6.07) is 17.8. The average Bonchev–Trinajstić information content (AvgIpc) is 2.63. The van der Waals surface area contributed by atoms with Crippen LogP contribution < -0.4 is 0 Å². The van der Waals surface area contributed by atoms with Crippen molar-refractivity contribution in [2.75, 3.05) is 7.11 Å². The molecule has 4 rings (SSSR count). The fourth-order valence-corrected chi connectivity index (χ4v) is 3.62. The molecule has 0 N–H and O–H groups in total. The van der Waals surface area contributed by atoms with Crippen molar-refractivity contribution in [1.29, 1.82) is 0 Å². The lowest BCUT2D eigenvalue weighted by Crippen LogP contribution is -2.56. The SMILES string of the molecule is COC1=N[C@@H](Cc2ccccc2)C(=O)N2Cc3ccccc3C[C@@H]12. The third-order valence-electron chi connectivity index (χ3n) is 4.87. The summed E-state index contributed by atoms with van der Waals surface area (Å²) in [6.45, 7) is 0.632. The summed E-state index contributed by atoms with van der Waals surface area (Å²) in [5.74, 6) is 0.768. The van der Waals surface area contributed by atoms with Crippen molar-refractivity contribution in [1.82, 2.24) is 4.90 Å². The summed E-state index contributed by atoms with van der Waals surface area (Å²) in [7, 11) is 1.65. The summed E-state index contributed by atoms with van der Waals surface area (Å²) in [5.41, 5.74) is 3.61. The molecule has 1 amide bonds. The molecule has 0 aromatic heterocycles. The number of ether oxygens (including phenoxy) is 1. The highest BCUT2D eigenvalue weighted by atomic mass is 16.5. The lowest BCUT2D eigenvalue weighted by Gasteiger charge is -2.41. The number of benzene rings is 2. The zero-order valence-corrected chi connectivity index (χ0v) is 13.7. The second-order valence-corrected chi connectivity index (χ2v) is 6.33. The zero-order chi connectivity index (χ0) is 16.5. The molecule has 2 heterocycles. The van der Waals surface area contributed by atoms with Crippen molar-refractivity contribution in [3.63, 3.8) is 0 Å². The summed E-state index contributed by atoms with van der Waals surface area (Å²) in [6.07, 6.45) is 1.38. The molecule has 2 aromatic carbocycles. The molecule has 0 saturated carbocycles. The Hall–Kier alpha value is -2.62. The highest BCUT2D eigenvalue weighted by Crippen LogP contribution is 2.29. The van der Waals surface area contributed by atoms with E-state index < -0.39 is 6.04 Å². The van der Waals surface area contributed by atoms with E-state index in [-0.39, 0.29) is 11.9 Å². The minimum Gasteiger partial charge on any atom is -0.483 e. The van der Waals surface area contributed by atoms with Gasteiger partial charge in [0.25, 0.3) is 0 Å². The summed E-state index contributed by atoms with van der Waals surface area (Å²) >= 11 is 0. The van der Waals surface area contributed by atoms with Crippen molar-refractivity contribution < 1.29 is 9.53 Å². The maximum absolute atomic E-state index is 13.0. The smallest absolute Gasteiger partial charge is 0.248 e. The standard InChI is InChI=1S/C20H20N2O2/c1-24-19-18-12-15-9-5-6-10-16(15)13-22(18)20(23)17(21-19)11-14-7-3-2-4-8-14/h2-10,17-18H,11-13H2,1H3/t17-,18-/m0/s1. The van der Waals surface area contributed by atoms with Crippen LogP contribution >= 0.6 is 0 Å². The van der Waals surface area contributed by atoms with Gasteiger partial charge < -0.3 is 9.64 Å². The van der Waals surface area contributed by atoms with Gasteiger partial charge in [-0.2, -0.15) is 0 Å². The molecule has 0 radical (unpaired) electrons. The predicted octanol–water partition coefficient (Wildman–Crippen LogP) is 2.61. The molecule has 0 aliphatic carbocycles. The van der Waals surface area contributed by atoms with Gasteiger partial charge in [0.2, 0.25) is 11.8 Å². The first-order valence-electron chi connectivity index (χ1n) is 8.29. The number of carbonyl (C=O) groups is 1. The Morgan fingerprint density at radius 3 is 2.54 bits per heavy atom. The maximum atomic E-state index is 13.0. The van der Waals surface area contributed by atoms with E-state index in [1.807, 2.05) is 47.4 Å². The van der Waals surface area contributed by atoms with E-state index in [1.165, 1.54) is 11.1 Å². The van der Waals surface area contributed by atoms with Crippen LogP contribution in [0.3, 0.4) is 0 Å². The van der Waals surface area contributed by atoms with Gasteiger partial charge in [-0.15, -0.1) is 0 Å². The Morgan fingerprint density at radius 2 is 1.79 bits per heavy atom. The molecule has 24 heavy (non-hydrogen) atoms. The number of rotatable bonds is 2. The van der Waals surface area contributed by atoms with Crippen LogP contribution in [0.2, 0.25) is 0 Å². The van der Waals surface area contributed by atoms with Crippen molar-refractivity contribution >= 4 is 11.8 Å². The molecular weight excluding hydrogens is 300 g/mol. The number of methoxy groups -OCH3 is 1. The van der Waals surface area contributed by atoms with Gasteiger partial charge in [-0.1, -0.05) is 54.6 Å². The van der Waals surface area contributed by atoms with Crippen molar-refractivity contribution in [3.8, 4) is 0 Å². The van der Waals surface area contributed by atoms with Crippen LogP contribution in [0, 0.1) is 0 Å². The monoisotopic (exact) mass is 320 g/mol. The number of nitrogens with zero attached hydrogens (tertiary/aromatic N) is 2. The number of hydrogen-bond donors (Lipinski definition) is 0. The molecule has 2 aliphatic heterocycles. The van der Waals surface area contributed by atoms with Crippen LogP contribution in [0.1, 0.15) is 16.7 Å². The largest absolute Gasteiger partial charge is 0.483 e. The van der Waals surface area contributed by atoms with Crippen LogP contribution in [0.25, 0.3) is 0 Å². The lowest BCUT2D eigenvalue weighted by atomic mass is 9.91. The second kappa shape index (κ2) is 6.11. The van der Waals surface area contributed by atoms with E-state index in [0.29, 0.717) is 18.9 Å². The number of fused-ring (bicyclic) bond motifs is 2. The molecule has 0 fully saturated rings. The normalized spacial score (nSPS) is 22.5.